The van der Waals surface area contributed by atoms with Gasteiger partial charge in [-0.3, -0.25) is 19.3 Å². The zero-order valence-electron chi connectivity index (χ0n) is 24.3. The van der Waals surface area contributed by atoms with E-state index in [2.05, 4.69) is 25.8 Å². The summed E-state index contributed by atoms with van der Waals surface area (Å²) >= 11 is 0. The number of likely N-dealkylation sites (N-methyl/N-ethyl adjacent to an activating group) is 1. The molecule has 1 aromatic heterocycles. The van der Waals surface area contributed by atoms with E-state index in [1.165, 1.54) is 13.8 Å². The zero-order chi connectivity index (χ0) is 29.1. The summed E-state index contributed by atoms with van der Waals surface area (Å²) in [5.74, 6) is 0.258. The monoisotopic (exact) mass is 562 g/mol. The summed E-state index contributed by atoms with van der Waals surface area (Å²) in [4.78, 5) is 43.0. The topological polar surface area (TPSA) is 98.5 Å². The van der Waals surface area contributed by atoms with Crippen molar-refractivity contribution < 1.29 is 33.0 Å². The van der Waals surface area contributed by atoms with Gasteiger partial charge in [0, 0.05) is 37.6 Å². The van der Waals surface area contributed by atoms with Crippen molar-refractivity contribution >= 4 is 23.9 Å². The molecule has 1 aromatic carbocycles. The van der Waals surface area contributed by atoms with Crippen LogP contribution < -0.4 is 9.47 Å². The normalized spacial score (nSPS) is 29.7. The highest BCUT2D eigenvalue weighted by molar-refractivity contribution is 5.92. The van der Waals surface area contributed by atoms with E-state index in [4.69, 9.17) is 18.6 Å². The lowest BCUT2D eigenvalue weighted by atomic mass is 9.48. The Labute approximate surface area is 240 Å². The molecule has 3 heterocycles. The Kier molecular flexibility index (Phi) is 6.76. The summed E-state index contributed by atoms with van der Waals surface area (Å²) < 4.78 is 24.2. The van der Waals surface area contributed by atoms with Crippen molar-refractivity contribution in [2.45, 2.75) is 82.6 Å². The maximum Gasteiger partial charge on any atom is 0.308 e. The van der Waals surface area contributed by atoms with Crippen LogP contribution in [0, 0.1) is 5.92 Å². The number of esters is 2. The minimum atomic E-state index is -0.834. The molecule has 218 valence electrons. The quantitative estimate of drug-likeness (QED) is 0.282. The Morgan fingerprint density at radius 1 is 1.17 bits per heavy atom. The highest BCUT2D eigenvalue weighted by Gasteiger charge is 2.75. The molecule has 9 nitrogen and oxygen atoms in total. The molecule has 2 bridgehead atoms. The van der Waals surface area contributed by atoms with Crippen molar-refractivity contribution in [2.75, 3.05) is 20.1 Å². The minimum Gasteiger partial charge on any atom is -0.483 e. The fraction of sp³-hybridized carbons (Fsp3) is 0.531. The van der Waals surface area contributed by atoms with Crippen molar-refractivity contribution in [1.82, 2.24) is 9.80 Å². The van der Waals surface area contributed by atoms with Crippen LogP contribution in [0.4, 0.5) is 0 Å². The predicted molar refractivity (Wildman–Crippen MR) is 150 cm³/mol. The van der Waals surface area contributed by atoms with Crippen LogP contribution in [0.15, 0.2) is 41.2 Å². The number of hydrogen-bond donors (Lipinski definition) is 0. The second-order valence-electron chi connectivity index (χ2n) is 12.3. The Balaban J connectivity index is 1.51. The molecular formula is C32H38N2O7. The third kappa shape index (κ3) is 4.19. The number of likely N-dealkylation sites (tertiary alicyclic amines) is 1. The van der Waals surface area contributed by atoms with Gasteiger partial charge in [0.2, 0.25) is 5.91 Å². The van der Waals surface area contributed by atoms with Crippen molar-refractivity contribution in [2.24, 2.45) is 5.92 Å². The van der Waals surface area contributed by atoms with Gasteiger partial charge in [-0.2, -0.15) is 0 Å². The molecule has 1 amide bonds. The first-order valence-corrected chi connectivity index (χ1v) is 14.5. The number of hydrogen-bond acceptors (Lipinski definition) is 8. The third-order valence-corrected chi connectivity index (χ3v) is 9.43. The Hall–Kier alpha value is -3.59. The number of piperidine rings is 1. The van der Waals surface area contributed by atoms with Gasteiger partial charge in [-0.15, -0.1) is 0 Å². The van der Waals surface area contributed by atoms with Gasteiger partial charge in [-0.05, 0) is 69.0 Å². The van der Waals surface area contributed by atoms with E-state index in [1.807, 2.05) is 11.0 Å². The van der Waals surface area contributed by atoms with E-state index in [0.717, 1.165) is 23.2 Å². The van der Waals surface area contributed by atoms with Gasteiger partial charge >= 0.3 is 11.9 Å². The molecular weight excluding hydrogens is 524 g/mol. The predicted octanol–water partition coefficient (Wildman–Crippen LogP) is 4.13. The largest absolute Gasteiger partial charge is 0.483 e. The number of furan rings is 1. The molecule has 1 saturated carbocycles. The van der Waals surface area contributed by atoms with Crippen LogP contribution in [0.2, 0.25) is 0 Å². The minimum absolute atomic E-state index is 0.0412. The number of nitrogens with zero attached hydrogens (tertiary/aromatic N) is 2. The molecule has 2 unspecified atom stereocenters. The van der Waals surface area contributed by atoms with E-state index in [0.29, 0.717) is 43.7 Å². The molecule has 1 spiro atoms. The average Bonchev–Trinajstić information content (AvgIpc) is 3.55. The molecule has 5 atom stereocenters. The molecule has 4 aliphatic rings. The van der Waals surface area contributed by atoms with Crippen molar-refractivity contribution in [1.29, 1.82) is 0 Å². The van der Waals surface area contributed by atoms with Gasteiger partial charge in [-0.1, -0.05) is 19.9 Å². The first-order valence-electron chi connectivity index (χ1n) is 14.5. The first kappa shape index (κ1) is 27.6. The highest BCUT2D eigenvalue weighted by Crippen LogP contribution is 2.67. The van der Waals surface area contributed by atoms with E-state index >= 15 is 0 Å². The molecule has 2 aliphatic carbocycles. The molecule has 1 saturated heterocycles. The first-order chi connectivity index (χ1) is 19.6. The van der Waals surface area contributed by atoms with E-state index in [9.17, 15) is 14.4 Å². The lowest BCUT2D eigenvalue weighted by molar-refractivity contribution is -0.221. The fourth-order valence-electron chi connectivity index (χ4n) is 8.12. The molecule has 9 heteroatoms. The number of benzene rings is 1. The Bertz CT molecular complexity index is 1400. The van der Waals surface area contributed by atoms with Gasteiger partial charge in [0.25, 0.3) is 0 Å². The molecule has 0 N–H and O–H groups in total. The molecule has 41 heavy (non-hydrogen) atoms. The summed E-state index contributed by atoms with van der Waals surface area (Å²) in [5, 5.41) is 0. The third-order valence-electron chi connectivity index (χ3n) is 9.43. The zero-order valence-corrected chi connectivity index (χ0v) is 24.3. The lowest BCUT2D eigenvalue weighted by Crippen LogP contribution is -2.79. The highest BCUT2D eigenvalue weighted by atomic mass is 16.6. The summed E-state index contributed by atoms with van der Waals surface area (Å²) in [6.45, 7) is 8.36. The van der Waals surface area contributed by atoms with E-state index in [-0.39, 0.29) is 29.9 Å². The molecule has 0 radical (unpaired) electrons. The summed E-state index contributed by atoms with van der Waals surface area (Å²) in [5.41, 5.74) is 1.37. The summed E-state index contributed by atoms with van der Waals surface area (Å²) in [6.07, 6.45) is 8.62. The SMILES string of the molecule is CC(=O)Oc1ccc2c3c1OC1C(N(CC(C)C)C(=O)/C=C/c4ccoc4)CC[C@@]4(OC(C)=O)[C@@H](C2)N(C)CC[C@]314. The van der Waals surface area contributed by atoms with Crippen molar-refractivity contribution in [3.8, 4) is 11.5 Å². The number of amides is 1. The van der Waals surface area contributed by atoms with Crippen LogP contribution in [0.1, 0.15) is 63.6 Å². The van der Waals surface area contributed by atoms with Gasteiger partial charge in [0.1, 0.15) is 11.7 Å². The maximum absolute atomic E-state index is 13.9. The standard InChI is InChI=1S/C32H38N2O7/c1-19(2)17-34(27(37)9-6-22-11-15-38-18-22)24-10-12-32(41-21(4)36)26-16-23-7-8-25(39-20(3)35)29-28(23)31(32,30(24)40-29)13-14-33(26)5/h6-9,11,15,18-19,24,26,30H,10,12-14,16-17H2,1-5H3/b9-6+/t24?,26-,30?,31+,32-/m1/s1. The Morgan fingerprint density at radius 3 is 2.66 bits per heavy atom. The van der Waals surface area contributed by atoms with Crippen LogP contribution in [0.25, 0.3) is 6.08 Å². The summed E-state index contributed by atoms with van der Waals surface area (Å²) in [6, 6.07) is 5.30. The molecule has 2 aromatic rings. The van der Waals surface area contributed by atoms with E-state index in [1.54, 1.807) is 36.8 Å². The van der Waals surface area contributed by atoms with Gasteiger partial charge in [0.05, 0.1) is 30.0 Å². The Morgan fingerprint density at radius 2 is 1.98 bits per heavy atom. The number of carbonyl (C=O) groups is 3. The van der Waals surface area contributed by atoms with Crippen LogP contribution in [0.5, 0.6) is 11.5 Å². The average molecular weight is 563 g/mol. The number of rotatable bonds is 7. The second kappa shape index (κ2) is 10.0. The van der Waals surface area contributed by atoms with Crippen LogP contribution in [-0.2, 0) is 31.0 Å². The van der Waals surface area contributed by atoms with Crippen molar-refractivity contribution in [3.05, 3.63) is 53.5 Å². The van der Waals surface area contributed by atoms with Crippen molar-refractivity contribution in [3.63, 3.8) is 0 Å². The van der Waals surface area contributed by atoms with Crippen LogP contribution in [0.3, 0.4) is 0 Å². The molecule has 6 rings (SSSR count). The molecule has 2 fully saturated rings. The number of ether oxygens (including phenoxy) is 3. The van der Waals surface area contributed by atoms with E-state index < -0.39 is 23.1 Å². The lowest BCUT2D eigenvalue weighted by Gasteiger charge is -2.65. The van der Waals surface area contributed by atoms with Gasteiger partial charge < -0.3 is 23.5 Å². The summed E-state index contributed by atoms with van der Waals surface area (Å²) in [7, 11) is 2.09. The smallest absolute Gasteiger partial charge is 0.308 e. The van der Waals surface area contributed by atoms with Gasteiger partial charge in [0.15, 0.2) is 11.5 Å². The molecule has 2 aliphatic heterocycles. The van der Waals surface area contributed by atoms with Gasteiger partial charge in [-0.25, -0.2) is 0 Å². The maximum atomic E-state index is 13.9. The fourth-order valence-corrected chi connectivity index (χ4v) is 8.12. The second-order valence-corrected chi connectivity index (χ2v) is 12.3. The van der Waals surface area contributed by atoms with Crippen LogP contribution in [-0.4, -0.2) is 71.6 Å². The van der Waals surface area contributed by atoms with Crippen LogP contribution >= 0.6 is 0 Å². The number of carbonyl (C=O) groups excluding carboxylic acids is 3.